The third-order valence-electron chi connectivity index (χ3n) is 6.92. The van der Waals surface area contributed by atoms with Crippen LogP contribution in [0.2, 0.25) is 0 Å². The second kappa shape index (κ2) is 9.30. The number of rotatable bonds is 6. The molecule has 2 aromatic heterocycles. The van der Waals surface area contributed by atoms with Crippen LogP contribution < -0.4 is 0 Å². The Morgan fingerprint density at radius 1 is 1.23 bits per heavy atom. The number of aromatic nitrogens is 5. The van der Waals surface area contributed by atoms with Gasteiger partial charge < -0.3 is 14.7 Å². The van der Waals surface area contributed by atoms with Crippen molar-refractivity contribution in [3.8, 4) is 5.82 Å². The smallest absolute Gasteiger partial charge is 0.336 e. The molecule has 3 aliphatic heterocycles. The van der Waals surface area contributed by atoms with Gasteiger partial charge >= 0.3 is 12.0 Å². The fourth-order valence-electron chi connectivity index (χ4n) is 4.98. The number of β-amino-alcohol motifs (C(OH)–C–C–N with tert-alkyl or cyclic N) is 1. The maximum Gasteiger partial charge on any atom is 0.336 e. The summed E-state index contributed by atoms with van der Waals surface area (Å²) in [4.78, 5) is 34.1. The number of urea groups is 1. The van der Waals surface area contributed by atoms with Crippen molar-refractivity contribution in [1.82, 2.24) is 39.9 Å². The van der Waals surface area contributed by atoms with E-state index in [9.17, 15) is 14.7 Å². The average Bonchev–Trinajstić information content (AvgIpc) is 3.56. The first-order valence-electron chi connectivity index (χ1n) is 11.5. The molecule has 0 bridgehead atoms. The van der Waals surface area contributed by atoms with Gasteiger partial charge in [-0.25, -0.2) is 19.0 Å². The average molecular weight is 487 g/mol. The molecule has 2 aromatic rings. The van der Waals surface area contributed by atoms with Gasteiger partial charge in [-0.1, -0.05) is 6.07 Å². The van der Waals surface area contributed by atoms with Crippen LogP contribution in [0.5, 0.6) is 0 Å². The van der Waals surface area contributed by atoms with Crippen molar-refractivity contribution in [3.05, 3.63) is 41.0 Å². The van der Waals surface area contributed by atoms with E-state index in [1.54, 1.807) is 30.9 Å². The number of carbonyl (C=O) groups excluding carboxylic acids is 2. The minimum absolute atomic E-state index is 0.0740. The van der Waals surface area contributed by atoms with Gasteiger partial charge in [0.15, 0.2) is 5.82 Å². The van der Waals surface area contributed by atoms with Crippen molar-refractivity contribution in [1.29, 1.82) is 0 Å². The highest BCUT2D eigenvalue weighted by Crippen LogP contribution is 2.29. The van der Waals surface area contributed by atoms with E-state index in [2.05, 4.69) is 20.5 Å². The summed E-state index contributed by atoms with van der Waals surface area (Å²) in [6.45, 7) is 5.22. The summed E-state index contributed by atoms with van der Waals surface area (Å²) in [7, 11) is 0. The molecule has 0 aromatic carbocycles. The standard InChI is InChI=1S/C22H27FN8O4/c1-13-18(11-35-21(13)33)30-8-7-29(22(30)34)17-5-6-28(9-16(17)23)10-19(32)15-3-4-20(25-14(15)2)31-12-24-26-27-31/h3-4,12,16-17,19,32H,5-11H2,1-2H3. The topological polar surface area (TPSA) is 130 Å². The van der Waals surface area contributed by atoms with Crippen molar-refractivity contribution in [2.75, 3.05) is 39.3 Å². The van der Waals surface area contributed by atoms with Crippen molar-refractivity contribution in [3.63, 3.8) is 0 Å². The largest absolute Gasteiger partial charge is 0.456 e. The number of aryl methyl sites for hydroxylation is 1. The summed E-state index contributed by atoms with van der Waals surface area (Å²) in [5.74, 6) is 0.119. The molecule has 3 atom stereocenters. The highest BCUT2D eigenvalue weighted by Gasteiger charge is 2.43. The summed E-state index contributed by atoms with van der Waals surface area (Å²) in [6.07, 6.45) is -0.200. The second-order valence-corrected chi connectivity index (χ2v) is 9.02. The molecule has 0 saturated carbocycles. The Labute approximate surface area is 200 Å². The maximum absolute atomic E-state index is 15.2. The molecule has 3 aliphatic rings. The number of aliphatic hydroxyl groups is 1. The van der Waals surface area contributed by atoms with Gasteiger partial charge in [0.05, 0.1) is 23.4 Å². The molecular weight excluding hydrogens is 459 g/mol. The molecular formula is C22H27FN8O4. The lowest BCUT2D eigenvalue weighted by molar-refractivity contribution is -0.136. The van der Waals surface area contributed by atoms with E-state index in [-0.39, 0.29) is 25.7 Å². The van der Waals surface area contributed by atoms with Crippen LogP contribution in [-0.4, -0.2) is 109 Å². The molecule has 0 aliphatic carbocycles. The molecule has 2 fully saturated rings. The molecule has 2 saturated heterocycles. The lowest BCUT2D eigenvalue weighted by Crippen LogP contribution is -2.54. The van der Waals surface area contributed by atoms with Crippen molar-refractivity contribution in [2.24, 2.45) is 0 Å². The number of likely N-dealkylation sites (tertiary alicyclic amines) is 1. The number of amides is 2. The van der Waals surface area contributed by atoms with E-state index in [4.69, 9.17) is 4.74 Å². The second-order valence-electron chi connectivity index (χ2n) is 9.02. The predicted molar refractivity (Wildman–Crippen MR) is 119 cm³/mol. The number of ether oxygens (including phenoxy) is 1. The first kappa shape index (κ1) is 23.3. The van der Waals surface area contributed by atoms with Crippen molar-refractivity contribution >= 4 is 12.0 Å². The van der Waals surface area contributed by atoms with E-state index in [1.165, 1.54) is 15.9 Å². The van der Waals surface area contributed by atoms with Crippen LogP contribution in [0.1, 0.15) is 30.7 Å². The minimum Gasteiger partial charge on any atom is -0.456 e. The third-order valence-corrected chi connectivity index (χ3v) is 6.92. The number of carbonyl (C=O) groups is 2. The summed E-state index contributed by atoms with van der Waals surface area (Å²) < 4.78 is 21.7. The Morgan fingerprint density at radius 3 is 2.71 bits per heavy atom. The van der Waals surface area contributed by atoms with Crippen molar-refractivity contribution in [2.45, 2.75) is 38.6 Å². The Hall–Kier alpha value is -3.45. The van der Waals surface area contributed by atoms with E-state index in [1.807, 2.05) is 4.90 Å². The number of hydrogen-bond acceptors (Lipinski definition) is 9. The number of tetrazole rings is 1. The Bertz CT molecular complexity index is 1160. The third kappa shape index (κ3) is 4.36. The highest BCUT2D eigenvalue weighted by molar-refractivity contribution is 5.92. The van der Waals surface area contributed by atoms with E-state index in [0.717, 1.165) is 0 Å². The minimum atomic E-state index is -1.25. The first-order chi connectivity index (χ1) is 16.8. The number of cyclic esters (lactones) is 1. The summed E-state index contributed by atoms with van der Waals surface area (Å²) in [5.41, 5.74) is 2.28. The van der Waals surface area contributed by atoms with Gasteiger partial charge in [-0.15, -0.1) is 5.10 Å². The van der Waals surface area contributed by atoms with Gasteiger partial charge in [0.2, 0.25) is 0 Å². The number of hydrogen-bond donors (Lipinski definition) is 1. The highest BCUT2D eigenvalue weighted by atomic mass is 19.1. The van der Waals surface area contributed by atoms with Gasteiger partial charge in [-0.05, 0) is 36.8 Å². The van der Waals surface area contributed by atoms with E-state index in [0.29, 0.717) is 54.4 Å². The first-order valence-corrected chi connectivity index (χ1v) is 11.5. The quantitative estimate of drug-likeness (QED) is 0.576. The molecule has 1 N–H and O–H groups in total. The van der Waals surface area contributed by atoms with Crippen LogP contribution in [0.3, 0.4) is 0 Å². The summed E-state index contributed by atoms with van der Waals surface area (Å²) in [6, 6.07) is 2.66. The number of nitrogens with zero attached hydrogens (tertiary/aromatic N) is 8. The number of esters is 1. The van der Waals surface area contributed by atoms with Crippen LogP contribution in [0.15, 0.2) is 29.7 Å². The van der Waals surface area contributed by atoms with Crippen LogP contribution in [0, 0.1) is 6.92 Å². The molecule has 5 heterocycles. The summed E-state index contributed by atoms with van der Waals surface area (Å²) in [5, 5.41) is 21.8. The van der Waals surface area contributed by atoms with Crippen LogP contribution in [0.4, 0.5) is 9.18 Å². The normalized spacial score (nSPS) is 24.5. The molecule has 186 valence electrons. The molecule has 35 heavy (non-hydrogen) atoms. The zero-order valence-electron chi connectivity index (χ0n) is 19.5. The summed E-state index contributed by atoms with van der Waals surface area (Å²) >= 11 is 0. The molecule has 5 rings (SSSR count). The number of aliphatic hydroxyl groups excluding tert-OH is 1. The van der Waals surface area contributed by atoms with Crippen LogP contribution >= 0.6 is 0 Å². The SMILES string of the molecule is CC1=C(N2CCN(C3CCN(CC(O)c4ccc(-n5cnnn5)nc4C)CC3F)C2=O)COC1=O. The lowest BCUT2D eigenvalue weighted by Gasteiger charge is -2.39. The molecule has 13 heteroatoms. The Morgan fingerprint density at radius 2 is 2.06 bits per heavy atom. The molecule has 0 radical (unpaired) electrons. The van der Waals surface area contributed by atoms with Gasteiger partial charge in [-0.2, -0.15) is 4.68 Å². The van der Waals surface area contributed by atoms with E-state index >= 15 is 4.39 Å². The number of alkyl halides is 1. The van der Waals surface area contributed by atoms with Gasteiger partial charge in [0.25, 0.3) is 0 Å². The van der Waals surface area contributed by atoms with Gasteiger partial charge in [-0.3, -0.25) is 9.80 Å². The molecule has 3 unspecified atom stereocenters. The Kier molecular flexibility index (Phi) is 6.19. The lowest BCUT2D eigenvalue weighted by atomic mass is 10.00. The maximum atomic E-state index is 15.2. The zero-order valence-corrected chi connectivity index (χ0v) is 19.5. The van der Waals surface area contributed by atoms with Crippen LogP contribution in [-0.2, 0) is 9.53 Å². The number of halogens is 1. The molecule has 12 nitrogen and oxygen atoms in total. The number of pyridine rings is 1. The van der Waals surface area contributed by atoms with Gasteiger partial charge in [0.1, 0.15) is 19.1 Å². The number of piperidine rings is 1. The van der Waals surface area contributed by atoms with Crippen LogP contribution in [0.25, 0.3) is 5.82 Å². The molecule has 0 spiro atoms. The zero-order chi connectivity index (χ0) is 24.7. The van der Waals surface area contributed by atoms with E-state index < -0.39 is 24.3 Å². The van der Waals surface area contributed by atoms with Gasteiger partial charge in [0, 0.05) is 44.0 Å². The fraction of sp³-hybridized carbons (Fsp3) is 0.545. The Balaban J connectivity index is 1.19. The van der Waals surface area contributed by atoms with Crippen molar-refractivity contribution < 1.29 is 23.8 Å². The molecule has 2 amide bonds. The fourth-order valence-corrected chi connectivity index (χ4v) is 4.98. The predicted octanol–water partition coefficient (Wildman–Crippen LogP) is 0.380. The monoisotopic (exact) mass is 486 g/mol.